The van der Waals surface area contributed by atoms with Crippen molar-refractivity contribution in [2.24, 2.45) is 11.8 Å². The number of carbonyl (C=O) groups is 1. The average Bonchev–Trinajstić information content (AvgIpc) is 3.76. The molecule has 0 saturated carbocycles. The highest BCUT2D eigenvalue weighted by Crippen LogP contribution is 2.35. The molecule has 0 aliphatic carbocycles. The van der Waals surface area contributed by atoms with Gasteiger partial charge >= 0.3 is 5.97 Å². The second kappa shape index (κ2) is 23.9. The van der Waals surface area contributed by atoms with Crippen molar-refractivity contribution in [3.05, 3.63) is 66.0 Å². The molecule has 7 unspecified atom stereocenters. The third-order valence-corrected chi connectivity index (χ3v) is 7.56. The number of pyridine rings is 1. The molecule has 5 N–H and O–H groups in total. The Balaban J connectivity index is 0.00000443. The van der Waals surface area contributed by atoms with E-state index in [9.17, 15) is 15.0 Å². The van der Waals surface area contributed by atoms with E-state index < -0.39 is 17.7 Å². The lowest BCUT2D eigenvalue weighted by atomic mass is 9.90. The van der Waals surface area contributed by atoms with Crippen LogP contribution in [0.25, 0.3) is 0 Å². The van der Waals surface area contributed by atoms with Crippen LogP contribution in [0, 0.1) is 11.8 Å². The van der Waals surface area contributed by atoms with Gasteiger partial charge in [-0.25, -0.2) is 0 Å². The van der Waals surface area contributed by atoms with Gasteiger partial charge in [-0.1, -0.05) is 83.4 Å². The summed E-state index contributed by atoms with van der Waals surface area (Å²) in [5.74, 6) is -0.184. The maximum absolute atomic E-state index is 11.5. The number of nitrogens with zero attached hydrogens (tertiary/aromatic N) is 1. The third kappa shape index (κ3) is 18.4. The molecule has 1 aromatic heterocycles. The second-order valence-electron chi connectivity index (χ2n) is 11.9. The molecule has 1 fully saturated rings. The lowest BCUT2D eigenvalue weighted by Gasteiger charge is -2.30. The molecule has 8 nitrogen and oxygen atoms in total. The summed E-state index contributed by atoms with van der Waals surface area (Å²) in [6.45, 7) is 15.1. The number of aliphatic hydroxyl groups excluding tert-OH is 2. The maximum atomic E-state index is 11.5. The SMILES string of the molecule is CC.CCCCC1OC1C(NCc1ccncc1)C(C)(O)/C=C/C=C(\C)CC(C)/C=C/CC(C)CCC(O)CC(=O)O.CO. The van der Waals surface area contributed by atoms with Gasteiger partial charge in [0.05, 0.1) is 30.3 Å². The summed E-state index contributed by atoms with van der Waals surface area (Å²) in [7, 11) is 1.00. The number of nitrogens with one attached hydrogen (secondary N) is 1. The number of aromatic nitrogens is 1. The molecule has 2 rings (SSSR count). The van der Waals surface area contributed by atoms with E-state index in [4.69, 9.17) is 14.9 Å². The van der Waals surface area contributed by atoms with Crippen LogP contribution in [0.1, 0.15) is 105 Å². The van der Waals surface area contributed by atoms with Crippen LogP contribution in [0.3, 0.4) is 0 Å². The van der Waals surface area contributed by atoms with Gasteiger partial charge in [-0.05, 0) is 75.5 Å². The van der Waals surface area contributed by atoms with Crippen LogP contribution in [-0.4, -0.2) is 68.4 Å². The van der Waals surface area contributed by atoms with E-state index in [0.717, 1.165) is 51.2 Å². The minimum Gasteiger partial charge on any atom is -0.481 e. The zero-order valence-electron chi connectivity index (χ0n) is 28.6. The van der Waals surface area contributed by atoms with Crippen molar-refractivity contribution in [2.75, 3.05) is 7.11 Å². The molecule has 2 heterocycles. The Labute approximate surface area is 267 Å². The van der Waals surface area contributed by atoms with Gasteiger partial charge in [-0.15, -0.1) is 0 Å². The molecule has 0 aromatic carbocycles. The molecule has 1 aliphatic rings. The molecule has 0 radical (unpaired) electrons. The molecule has 0 spiro atoms. The molecule has 252 valence electrons. The number of carboxylic acids is 1. The topological polar surface area (TPSA) is 135 Å². The number of rotatable bonds is 20. The van der Waals surface area contributed by atoms with E-state index in [2.05, 4.69) is 56.2 Å². The Morgan fingerprint density at radius 2 is 1.82 bits per heavy atom. The fraction of sp³-hybridized carbons (Fsp3) is 0.667. The normalized spacial score (nSPS) is 20.5. The molecule has 7 atom stereocenters. The molecule has 44 heavy (non-hydrogen) atoms. The number of unbranched alkanes of at least 4 members (excludes halogenated alkanes) is 1. The number of aliphatic carboxylic acids is 1. The average molecular weight is 619 g/mol. The van der Waals surface area contributed by atoms with Crippen LogP contribution in [0.5, 0.6) is 0 Å². The number of aliphatic hydroxyl groups is 3. The molecule has 0 amide bonds. The maximum Gasteiger partial charge on any atom is 0.305 e. The van der Waals surface area contributed by atoms with E-state index in [-0.39, 0.29) is 24.7 Å². The van der Waals surface area contributed by atoms with E-state index in [0.29, 0.717) is 24.8 Å². The van der Waals surface area contributed by atoms with E-state index >= 15 is 0 Å². The summed E-state index contributed by atoms with van der Waals surface area (Å²) in [4.78, 5) is 14.8. The fourth-order valence-corrected chi connectivity index (χ4v) is 5.07. The van der Waals surface area contributed by atoms with Gasteiger partial charge in [0.25, 0.3) is 0 Å². The van der Waals surface area contributed by atoms with Crippen molar-refractivity contribution in [1.82, 2.24) is 10.3 Å². The van der Waals surface area contributed by atoms with Crippen LogP contribution in [0.15, 0.2) is 60.5 Å². The Bertz CT molecular complexity index is 963. The van der Waals surface area contributed by atoms with Gasteiger partial charge in [-0.3, -0.25) is 9.78 Å². The number of hydrogen-bond donors (Lipinski definition) is 5. The predicted octanol–water partition coefficient (Wildman–Crippen LogP) is 6.61. The third-order valence-electron chi connectivity index (χ3n) is 7.56. The molecule has 0 bridgehead atoms. The van der Waals surface area contributed by atoms with Crippen molar-refractivity contribution in [3.63, 3.8) is 0 Å². The molecule has 8 heteroatoms. The summed E-state index contributed by atoms with van der Waals surface area (Å²) < 4.78 is 6.00. The molecular formula is C36H62N2O6. The number of allylic oxidation sites excluding steroid dienone is 5. The van der Waals surface area contributed by atoms with Crippen LogP contribution >= 0.6 is 0 Å². The van der Waals surface area contributed by atoms with Crippen molar-refractivity contribution in [3.8, 4) is 0 Å². The van der Waals surface area contributed by atoms with Crippen molar-refractivity contribution in [1.29, 1.82) is 0 Å². The van der Waals surface area contributed by atoms with Crippen molar-refractivity contribution < 1.29 is 30.0 Å². The highest BCUT2D eigenvalue weighted by Gasteiger charge is 2.50. The quantitative estimate of drug-likeness (QED) is 0.0626. The monoisotopic (exact) mass is 618 g/mol. The van der Waals surface area contributed by atoms with Gasteiger partial charge in [0.2, 0.25) is 0 Å². The van der Waals surface area contributed by atoms with Gasteiger partial charge in [0, 0.05) is 26.0 Å². The standard InChI is InChI=1S/C33H52N2O5.C2H6.CH4O/c1-6-7-13-29-31(40-29)32(35-23-27-16-19-34-20-17-27)33(5,39)18-9-12-26(4)21-25(3)11-8-10-24(2)14-15-28(36)22-30(37)38;2*1-2/h8-9,11-12,16-20,24-25,28-29,31-32,35-36,39H,6-7,10,13-15,21-23H2,1-5H3,(H,37,38);1-2H3;2H,1H3/b11-8+,18-9+,26-12+;;. The van der Waals surface area contributed by atoms with Gasteiger partial charge in [0.1, 0.15) is 6.10 Å². The molecule has 1 aromatic rings. The summed E-state index contributed by atoms with van der Waals surface area (Å²) in [5, 5.41) is 40.5. The first-order valence-corrected chi connectivity index (χ1v) is 16.4. The smallest absolute Gasteiger partial charge is 0.305 e. The van der Waals surface area contributed by atoms with Gasteiger partial charge < -0.3 is 30.5 Å². The van der Waals surface area contributed by atoms with Gasteiger partial charge in [0.15, 0.2) is 0 Å². The zero-order valence-corrected chi connectivity index (χ0v) is 28.6. The predicted molar refractivity (Wildman–Crippen MR) is 180 cm³/mol. The van der Waals surface area contributed by atoms with Crippen LogP contribution in [-0.2, 0) is 16.1 Å². The van der Waals surface area contributed by atoms with Gasteiger partial charge in [-0.2, -0.15) is 0 Å². The first-order valence-electron chi connectivity index (χ1n) is 16.4. The van der Waals surface area contributed by atoms with E-state index in [1.807, 2.05) is 45.1 Å². The largest absolute Gasteiger partial charge is 0.481 e. The van der Waals surface area contributed by atoms with Crippen LogP contribution < -0.4 is 5.32 Å². The Morgan fingerprint density at radius 3 is 2.43 bits per heavy atom. The highest BCUT2D eigenvalue weighted by atomic mass is 16.6. The van der Waals surface area contributed by atoms with E-state index in [1.165, 1.54) is 5.57 Å². The number of carboxylic acid groups (broad SMARTS) is 1. The van der Waals surface area contributed by atoms with Crippen LogP contribution in [0.4, 0.5) is 0 Å². The summed E-state index contributed by atoms with van der Waals surface area (Å²) in [5.41, 5.74) is 1.28. The van der Waals surface area contributed by atoms with Crippen molar-refractivity contribution >= 4 is 5.97 Å². The number of hydrogen-bond acceptors (Lipinski definition) is 7. The lowest BCUT2D eigenvalue weighted by Crippen LogP contribution is -2.51. The second-order valence-corrected chi connectivity index (χ2v) is 11.9. The Hall–Kier alpha value is -2.36. The number of ether oxygens (including phenoxy) is 1. The summed E-state index contributed by atoms with van der Waals surface area (Å²) in [6.07, 6.45) is 19.5. The highest BCUT2D eigenvalue weighted by molar-refractivity contribution is 5.67. The Kier molecular flexibility index (Phi) is 22.7. The van der Waals surface area contributed by atoms with E-state index in [1.54, 1.807) is 12.4 Å². The summed E-state index contributed by atoms with van der Waals surface area (Å²) in [6, 6.07) is 3.74. The minimum absolute atomic E-state index is 0.00824. The van der Waals surface area contributed by atoms with Crippen molar-refractivity contribution in [2.45, 2.75) is 136 Å². The molecular weight excluding hydrogens is 556 g/mol. The first-order chi connectivity index (χ1) is 21.0. The number of epoxide rings is 1. The van der Waals surface area contributed by atoms with Crippen LogP contribution in [0.2, 0.25) is 0 Å². The summed E-state index contributed by atoms with van der Waals surface area (Å²) >= 11 is 0. The fourth-order valence-electron chi connectivity index (χ4n) is 5.07. The molecule has 1 aliphatic heterocycles. The Morgan fingerprint density at radius 1 is 1.16 bits per heavy atom. The zero-order chi connectivity index (χ0) is 33.5. The first kappa shape index (κ1) is 41.6. The molecule has 1 saturated heterocycles. The minimum atomic E-state index is -1.07. The lowest BCUT2D eigenvalue weighted by molar-refractivity contribution is -0.139.